The molecule has 1 N–H and O–H groups in total. The van der Waals surface area contributed by atoms with E-state index in [0.717, 1.165) is 37.3 Å². The zero-order chi connectivity index (χ0) is 15.5. The van der Waals surface area contributed by atoms with Crippen LogP contribution < -0.4 is 14.8 Å². The summed E-state index contributed by atoms with van der Waals surface area (Å²) in [6.45, 7) is 11.6. The van der Waals surface area contributed by atoms with E-state index in [4.69, 9.17) is 9.47 Å². The Bertz CT molecular complexity index is 466. The van der Waals surface area contributed by atoms with Crippen LogP contribution in [0.4, 0.5) is 0 Å². The minimum atomic E-state index is -0.0592. The Kier molecular flexibility index (Phi) is 5.15. The van der Waals surface area contributed by atoms with Crippen molar-refractivity contribution in [3.05, 3.63) is 23.8 Å². The van der Waals surface area contributed by atoms with Crippen molar-refractivity contribution in [1.82, 2.24) is 5.32 Å². The lowest BCUT2D eigenvalue weighted by Gasteiger charge is -2.42. The van der Waals surface area contributed by atoms with Crippen LogP contribution >= 0.6 is 0 Å². The molecule has 1 aliphatic heterocycles. The van der Waals surface area contributed by atoms with Gasteiger partial charge in [-0.3, -0.25) is 0 Å². The summed E-state index contributed by atoms with van der Waals surface area (Å²) in [4.78, 5) is 0. The van der Waals surface area contributed by atoms with Crippen LogP contribution in [0.5, 0.6) is 11.5 Å². The van der Waals surface area contributed by atoms with Crippen molar-refractivity contribution in [3.63, 3.8) is 0 Å². The molecule has 1 aromatic carbocycles. The predicted octanol–water partition coefficient (Wildman–Crippen LogP) is 4.47. The first kappa shape index (κ1) is 16.2. The van der Waals surface area contributed by atoms with Gasteiger partial charge < -0.3 is 14.8 Å². The van der Waals surface area contributed by atoms with Crippen LogP contribution in [0.2, 0.25) is 0 Å². The van der Waals surface area contributed by atoms with Crippen molar-refractivity contribution in [3.8, 4) is 11.5 Å². The van der Waals surface area contributed by atoms with Crippen molar-refractivity contribution < 1.29 is 9.47 Å². The summed E-state index contributed by atoms with van der Waals surface area (Å²) < 4.78 is 12.2. The van der Waals surface area contributed by atoms with Crippen LogP contribution in [0, 0.1) is 0 Å². The molecule has 21 heavy (non-hydrogen) atoms. The van der Waals surface area contributed by atoms with Gasteiger partial charge in [-0.1, -0.05) is 26.8 Å². The molecule has 2 rings (SSSR count). The van der Waals surface area contributed by atoms with E-state index < -0.39 is 0 Å². The van der Waals surface area contributed by atoms with Crippen LogP contribution in [0.25, 0.3) is 0 Å². The molecule has 1 aromatic rings. The van der Waals surface area contributed by atoms with Gasteiger partial charge in [0, 0.05) is 24.1 Å². The molecule has 0 spiro atoms. The number of ether oxygens (including phenoxy) is 2. The molecule has 0 bridgehead atoms. The summed E-state index contributed by atoms with van der Waals surface area (Å²) in [5.41, 5.74) is 1.20. The van der Waals surface area contributed by atoms with Gasteiger partial charge in [0.1, 0.15) is 17.1 Å². The molecule has 1 unspecified atom stereocenters. The van der Waals surface area contributed by atoms with Gasteiger partial charge in [0.25, 0.3) is 0 Å². The van der Waals surface area contributed by atoms with Gasteiger partial charge in [0.05, 0.1) is 6.10 Å². The maximum absolute atomic E-state index is 6.40. The van der Waals surface area contributed by atoms with Crippen LogP contribution in [0.3, 0.4) is 0 Å². The Hall–Kier alpha value is -1.22. The molecule has 0 saturated heterocycles. The predicted molar refractivity (Wildman–Crippen MR) is 87.2 cm³/mol. The maximum Gasteiger partial charge on any atom is 0.128 e. The Balaban J connectivity index is 2.35. The van der Waals surface area contributed by atoms with Crippen molar-refractivity contribution >= 4 is 0 Å². The standard InChI is InChI=1S/C18H29NO2/c1-6-18(7-2)12-16(19-8-3)15-10-9-14(20-13(4)5)11-17(15)21-18/h9-11,13,16,19H,6-8,12H2,1-5H3. The zero-order valence-electron chi connectivity index (χ0n) is 14.0. The third-order valence-electron chi connectivity index (χ3n) is 4.37. The lowest BCUT2D eigenvalue weighted by molar-refractivity contribution is 0.0227. The van der Waals surface area contributed by atoms with Gasteiger partial charge in [0.15, 0.2) is 0 Å². The molecule has 0 aromatic heterocycles. The van der Waals surface area contributed by atoms with Crippen molar-refractivity contribution in [2.24, 2.45) is 0 Å². The molecule has 0 saturated carbocycles. The van der Waals surface area contributed by atoms with Gasteiger partial charge >= 0.3 is 0 Å². The Labute approximate surface area is 129 Å². The highest BCUT2D eigenvalue weighted by Gasteiger charge is 2.38. The van der Waals surface area contributed by atoms with Gasteiger partial charge in [-0.25, -0.2) is 0 Å². The topological polar surface area (TPSA) is 30.5 Å². The highest BCUT2D eigenvalue weighted by Crippen LogP contribution is 2.44. The number of rotatable bonds is 6. The third kappa shape index (κ3) is 3.52. The minimum Gasteiger partial charge on any atom is -0.491 e. The molecule has 0 radical (unpaired) electrons. The molecule has 1 atom stereocenters. The monoisotopic (exact) mass is 291 g/mol. The van der Waals surface area contributed by atoms with Gasteiger partial charge in [-0.05, 0) is 39.3 Å². The van der Waals surface area contributed by atoms with Crippen LogP contribution in [-0.4, -0.2) is 18.2 Å². The number of fused-ring (bicyclic) bond motifs is 1. The summed E-state index contributed by atoms with van der Waals surface area (Å²) in [6, 6.07) is 6.62. The second-order valence-corrected chi connectivity index (χ2v) is 6.17. The molecular weight excluding hydrogens is 262 g/mol. The second kappa shape index (κ2) is 6.69. The van der Waals surface area contributed by atoms with E-state index in [1.807, 2.05) is 13.8 Å². The van der Waals surface area contributed by atoms with Crippen molar-refractivity contribution in [2.75, 3.05) is 6.54 Å². The number of hydrogen-bond donors (Lipinski definition) is 1. The molecule has 3 heteroatoms. The molecule has 3 nitrogen and oxygen atoms in total. The number of nitrogens with one attached hydrogen (secondary N) is 1. The summed E-state index contributed by atoms with van der Waals surface area (Å²) in [5, 5.41) is 3.60. The maximum atomic E-state index is 6.40. The van der Waals surface area contributed by atoms with E-state index in [1.54, 1.807) is 0 Å². The quantitative estimate of drug-likeness (QED) is 0.839. The minimum absolute atomic E-state index is 0.0592. The molecule has 118 valence electrons. The zero-order valence-corrected chi connectivity index (χ0v) is 14.0. The third-order valence-corrected chi connectivity index (χ3v) is 4.37. The summed E-state index contributed by atoms with van der Waals surface area (Å²) in [6.07, 6.45) is 3.27. The molecule has 0 fully saturated rings. The molecule has 1 heterocycles. The second-order valence-electron chi connectivity index (χ2n) is 6.17. The van der Waals surface area contributed by atoms with E-state index in [1.165, 1.54) is 5.56 Å². The fraction of sp³-hybridized carbons (Fsp3) is 0.667. The van der Waals surface area contributed by atoms with E-state index in [2.05, 4.69) is 44.3 Å². The van der Waals surface area contributed by atoms with Gasteiger partial charge in [-0.2, -0.15) is 0 Å². The van der Waals surface area contributed by atoms with E-state index >= 15 is 0 Å². The van der Waals surface area contributed by atoms with Gasteiger partial charge in [-0.15, -0.1) is 0 Å². The fourth-order valence-electron chi connectivity index (χ4n) is 3.10. The largest absolute Gasteiger partial charge is 0.491 e. The summed E-state index contributed by atoms with van der Waals surface area (Å²) in [7, 11) is 0. The Morgan fingerprint density at radius 1 is 1.29 bits per heavy atom. The number of benzene rings is 1. The van der Waals surface area contributed by atoms with E-state index in [9.17, 15) is 0 Å². The van der Waals surface area contributed by atoms with E-state index in [0.29, 0.717) is 6.04 Å². The molecule has 0 aliphatic carbocycles. The van der Waals surface area contributed by atoms with E-state index in [-0.39, 0.29) is 11.7 Å². The van der Waals surface area contributed by atoms with Gasteiger partial charge in [0.2, 0.25) is 0 Å². The summed E-state index contributed by atoms with van der Waals surface area (Å²) >= 11 is 0. The first-order valence-corrected chi connectivity index (χ1v) is 8.26. The smallest absolute Gasteiger partial charge is 0.128 e. The lowest BCUT2D eigenvalue weighted by atomic mass is 9.83. The van der Waals surface area contributed by atoms with Crippen molar-refractivity contribution in [2.45, 2.75) is 71.6 Å². The van der Waals surface area contributed by atoms with Crippen LogP contribution in [0.15, 0.2) is 18.2 Å². The van der Waals surface area contributed by atoms with Crippen LogP contribution in [-0.2, 0) is 0 Å². The van der Waals surface area contributed by atoms with Crippen LogP contribution in [0.1, 0.15) is 65.5 Å². The first-order valence-electron chi connectivity index (χ1n) is 8.26. The molecule has 0 amide bonds. The molecule has 1 aliphatic rings. The first-order chi connectivity index (χ1) is 10.0. The Morgan fingerprint density at radius 3 is 2.57 bits per heavy atom. The number of hydrogen-bond acceptors (Lipinski definition) is 3. The summed E-state index contributed by atoms with van der Waals surface area (Å²) in [5.74, 6) is 1.87. The average Bonchev–Trinajstić information content (AvgIpc) is 2.46. The normalized spacial score (nSPS) is 20.0. The average molecular weight is 291 g/mol. The van der Waals surface area contributed by atoms with Crippen molar-refractivity contribution in [1.29, 1.82) is 0 Å². The highest BCUT2D eigenvalue weighted by molar-refractivity contribution is 5.44. The molecular formula is C18H29NO2. The highest BCUT2D eigenvalue weighted by atomic mass is 16.5. The lowest BCUT2D eigenvalue weighted by Crippen LogP contribution is -2.43. The Morgan fingerprint density at radius 2 is 2.00 bits per heavy atom. The SMILES string of the molecule is CCNC1CC(CC)(CC)Oc2cc(OC(C)C)ccc21. The fourth-order valence-corrected chi connectivity index (χ4v) is 3.10.